The van der Waals surface area contributed by atoms with Crippen molar-refractivity contribution in [1.82, 2.24) is 4.57 Å². The third-order valence-corrected chi connectivity index (χ3v) is 4.84. The predicted octanol–water partition coefficient (Wildman–Crippen LogP) is 5.07. The molecule has 11 heteroatoms. The lowest BCUT2D eigenvalue weighted by Gasteiger charge is -2.04. The summed E-state index contributed by atoms with van der Waals surface area (Å²) in [6.45, 7) is 2.76. The minimum atomic E-state index is -5.08. The van der Waals surface area contributed by atoms with E-state index in [1.807, 2.05) is 65.5 Å². The van der Waals surface area contributed by atoms with Gasteiger partial charge in [0.15, 0.2) is 0 Å². The fourth-order valence-electron chi connectivity index (χ4n) is 2.90. The summed E-state index contributed by atoms with van der Waals surface area (Å²) in [6, 6.07) is 15.8. The minimum Gasteiger partial charge on any atom is -0.475 e. The van der Waals surface area contributed by atoms with Gasteiger partial charge in [-0.2, -0.15) is 18.3 Å². The van der Waals surface area contributed by atoms with Gasteiger partial charge in [0.2, 0.25) is 0 Å². The number of alkyl halides is 3. The fourth-order valence-corrected chi connectivity index (χ4v) is 3.16. The molecule has 0 atom stereocenters. The lowest BCUT2D eigenvalue weighted by atomic mass is 10.1. The summed E-state index contributed by atoms with van der Waals surface area (Å²) in [6.07, 6.45) is 0.328. The van der Waals surface area contributed by atoms with Crippen LogP contribution in [0.2, 0.25) is 0 Å². The topological polar surface area (TPSA) is 107 Å². The zero-order chi connectivity index (χ0) is 25.3. The standard InChI is InChI=1S/C21H20BrN3O2.C2HF3O2/c1-2-27-21(26)20-14-25(12-16-5-3-4-15(10-16)11-24-23)13-19(20)17-6-8-18(22)9-7-17;3-2(4,5)1(6)7/h3-11,13-14H,2,12,23H2,1H3;(H,6,7)/b24-11-;. The monoisotopic (exact) mass is 539 g/mol. The molecule has 0 aliphatic rings. The average molecular weight is 540 g/mol. The van der Waals surface area contributed by atoms with Crippen molar-refractivity contribution in [2.24, 2.45) is 10.9 Å². The van der Waals surface area contributed by atoms with Crippen LogP contribution < -0.4 is 5.84 Å². The van der Waals surface area contributed by atoms with Gasteiger partial charge >= 0.3 is 18.1 Å². The third kappa shape index (κ3) is 7.77. The first kappa shape index (κ1) is 26.7. The molecule has 0 radical (unpaired) electrons. The molecule has 7 nitrogen and oxygen atoms in total. The summed E-state index contributed by atoms with van der Waals surface area (Å²) < 4.78 is 39.9. The van der Waals surface area contributed by atoms with E-state index >= 15 is 0 Å². The maximum atomic E-state index is 12.4. The van der Waals surface area contributed by atoms with E-state index in [1.54, 1.807) is 13.1 Å². The van der Waals surface area contributed by atoms with E-state index in [1.165, 1.54) is 0 Å². The number of rotatable bonds is 6. The Morgan fingerprint density at radius 1 is 1.18 bits per heavy atom. The summed E-state index contributed by atoms with van der Waals surface area (Å²) in [4.78, 5) is 21.3. The number of aliphatic carboxylic acids is 1. The molecule has 0 saturated carbocycles. The zero-order valence-corrected chi connectivity index (χ0v) is 19.5. The molecule has 0 aliphatic heterocycles. The predicted molar refractivity (Wildman–Crippen MR) is 125 cm³/mol. The molecule has 0 spiro atoms. The maximum Gasteiger partial charge on any atom is 0.490 e. The van der Waals surface area contributed by atoms with Crippen LogP contribution in [0.15, 0.2) is 70.5 Å². The van der Waals surface area contributed by atoms with Crippen molar-refractivity contribution in [3.05, 3.63) is 82.1 Å². The highest BCUT2D eigenvalue weighted by Gasteiger charge is 2.38. The van der Waals surface area contributed by atoms with Gasteiger partial charge in [0.25, 0.3) is 0 Å². The number of hydrazone groups is 1. The van der Waals surface area contributed by atoms with E-state index in [9.17, 15) is 18.0 Å². The molecule has 3 aromatic rings. The highest BCUT2D eigenvalue weighted by Crippen LogP contribution is 2.27. The second-order valence-electron chi connectivity index (χ2n) is 6.81. The van der Waals surface area contributed by atoms with Crippen LogP contribution in [0.4, 0.5) is 13.2 Å². The lowest BCUT2D eigenvalue weighted by Crippen LogP contribution is -2.21. The van der Waals surface area contributed by atoms with Crippen molar-refractivity contribution in [2.75, 3.05) is 6.61 Å². The fraction of sp³-hybridized carbons (Fsp3) is 0.174. The van der Waals surface area contributed by atoms with E-state index in [4.69, 9.17) is 20.5 Å². The van der Waals surface area contributed by atoms with Gasteiger partial charge in [0, 0.05) is 29.0 Å². The average Bonchev–Trinajstić information content (AvgIpc) is 3.18. The molecule has 0 saturated heterocycles. The number of hydrogen-bond donors (Lipinski definition) is 2. The number of ether oxygens (including phenoxy) is 1. The van der Waals surface area contributed by atoms with E-state index < -0.39 is 12.1 Å². The molecule has 0 bridgehead atoms. The van der Waals surface area contributed by atoms with Crippen LogP contribution in [0.1, 0.15) is 28.4 Å². The minimum absolute atomic E-state index is 0.321. The van der Waals surface area contributed by atoms with Gasteiger partial charge in [-0.1, -0.05) is 46.3 Å². The first-order valence-corrected chi connectivity index (χ1v) is 10.6. The number of carbonyl (C=O) groups excluding carboxylic acids is 1. The number of hydrogen-bond acceptors (Lipinski definition) is 5. The van der Waals surface area contributed by atoms with Crippen molar-refractivity contribution in [3.8, 4) is 11.1 Å². The van der Waals surface area contributed by atoms with Crippen molar-refractivity contribution in [2.45, 2.75) is 19.6 Å². The third-order valence-electron chi connectivity index (χ3n) is 4.31. The number of esters is 1. The Morgan fingerprint density at radius 3 is 2.38 bits per heavy atom. The molecule has 3 rings (SSSR count). The van der Waals surface area contributed by atoms with Gasteiger partial charge in [-0.3, -0.25) is 0 Å². The Kier molecular flexibility index (Phi) is 9.43. The molecular weight excluding hydrogens is 519 g/mol. The summed E-state index contributed by atoms with van der Waals surface area (Å²) >= 11 is 3.44. The first-order chi connectivity index (χ1) is 16.0. The second-order valence-corrected chi connectivity index (χ2v) is 7.73. The second kappa shape index (κ2) is 12.0. The number of carbonyl (C=O) groups is 2. The summed E-state index contributed by atoms with van der Waals surface area (Å²) in [5.41, 5.74) is 4.38. The Hall–Kier alpha value is -3.60. The van der Waals surface area contributed by atoms with Gasteiger partial charge in [-0.25, -0.2) is 9.59 Å². The highest BCUT2D eigenvalue weighted by molar-refractivity contribution is 9.10. The van der Waals surface area contributed by atoms with Crippen LogP contribution in [0.5, 0.6) is 0 Å². The van der Waals surface area contributed by atoms with Gasteiger partial charge in [-0.15, -0.1) is 0 Å². The molecule has 34 heavy (non-hydrogen) atoms. The largest absolute Gasteiger partial charge is 0.490 e. The van der Waals surface area contributed by atoms with Gasteiger partial charge in [-0.05, 0) is 41.8 Å². The van der Waals surface area contributed by atoms with E-state index in [2.05, 4.69) is 21.0 Å². The van der Waals surface area contributed by atoms with Crippen LogP contribution in [0.3, 0.4) is 0 Å². The van der Waals surface area contributed by atoms with Gasteiger partial charge in [0.05, 0.1) is 18.4 Å². The first-order valence-electron chi connectivity index (χ1n) is 9.80. The lowest BCUT2D eigenvalue weighted by molar-refractivity contribution is -0.192. The van der Waals surface area contributed by atoms with Crippen LogP contribution in [-0.4, -0.2) is 40.6 Å². The molecule has 1 heterocycles. The molecule has 1 aromatic heterocycles. The Labute approximate surface area is 201 Å². The number of halogens is 4. The van der Waals surface area contributed by atoms with Crippen LogP contribution >= 0.6 is 15.9 Å². The Morgan fingerprint density at radius 2 is 1.82 bits per heavy atom. The molecule has 180 valence electrons. The van der Waals surface area contributed by atoms with E-state index in [0.717, 1.165) is 26.7 Å². The van der Waals surface area contributed by atoms with Crippen LogP contribution in [0, 0.1) is 0 Å². The van der Waals surface area contributed by atoms with Crippen molar-refractivity contribution in [3.63, 3.8) is 0 Å². The summed E-state index contributed by atoms with van der Waals surface area (Å²) in [5.74, 6) is 2.15. The molecular formula is C23H21BrF3N3O4. The normalized spacial score (nSPS) is 11.1. The van der Waals surface area contributed by atoms with E-state index in [-0.39, 0.29) is 5.97 Å². The highest BCUT2D eigenvalue weighted by atomic mass is 79.9. The number of benzene rings is 2. The number of carboxylic acid groups (broad SMARTS) is 1. The molecule has 3 N–H and O–H groups in total. The number of nitrogens with two attached hydrogens (primary N) is 1. The zero-order valence-electron chi connectivity index (χ0n) is 17.9. The molecule has 0 unspecified atom stereocenters. The SMILES string of the molecule is CCOC(=O)c1cn(Cc2cccc(/C=N\N)c2)cc1-c1ccc(Br)cc1.O=C(O)C(F)(F)F. The molecule has 2 aromatic carbocycles. The molecule has 0 fully saturated rings. The molecule has 0 amide bonds. The van der Waals surface area contributed by atoms with Crippen LogP contribution in [-0.2, 0) is 16.1 Å². The van der Waals surface area contributed by atoms with Crippen molar-refractivity contribution in [1.29, 1.82) is 0 Å². The van der Waals surface area contributed by atoms with Crippen molar-refractivity contribution < 1.29 is 32.6 Å². The van der Waals surface area contributed by atoms with E-state index in [0.29, 0.717) is 18.7 Å². The molecule has 0 aliphatic carbocycles. The Balaban J connectivity index is 0.000000509. The number of carboxylic acids is 1. The van der Waals surface area contributed by atoms with Crippen LogP contribution in [0.25, 0.3) is 11.1 Å². The smallest absolute Gasteiger partial charge is 0.475 e. The Bertz CT molecular complexity index is 1160. The number of nitrogens with zero attached hydrogens (tertiary/aromatic N) is 2. The summed E-state index contributed by atoms with van der Waals surface area (Å²) in [7, 11) is 0. The quantitative estimate of drug-likeness (QED) is 0.197. The van der Waals surface area contributed by atoms with Gasteiger partial charge in [0.1, 0.15) is 0 Å². The van der Waals surface area contributed by atoms with Gasteiger partial charge < -0.3 is 20.3 Å². The maximum absolute atomic E-state index is 12.4. The summed E-state index contributed by atoms with van der Waals surface area (Å²) in [5, 5.41) is 10.7. The van der Waals surface area contributed by atoms with Crippen molar-refractivity contribution >= 4 is 34.1 Å². The number of aromatic nitrogens is 1.